The van der Waals surface area contributed by atoms with E-state index in [0.29, 0.717) is 36.5 Å². The molecule has 0 fully saturated rings. The van der Waals surface area contributed by atoms with Crippen LogP contribution in [0.25, 0.3) is 0 Å². The van der Waals surface area contributed by atoms with Crippen molar-refractivity contribution in [3.63, 3.8) is 0 Å². The first-order valence-corrected chi connectivity index (χ1v) is 10.6. The van der Waals surface area contributed by atoms with Gasteiger partial charge in [-0.2, -0.15) is 0 Å². The molecule has 1 heterocycles. The second kappa shape index (κ2) is 11.3. The number of likely N-dealkylation sites (N-methyl/N-ethyl adjacent to an activating group) is 1. The molecule has 1 aliphatic heterocycles. The van der Waals surface area contributed by atoms with Crippen LogP contribution in [-0.4, -0.2) is 86.3 Å². The van der Waals surface area contributed by atoms with Crippen molar-refractivity contribution in [1.82, 2.24) is 15.1 Å². The summed E-state index contributed by atoms with van der Waals surface area (Å²) in [4.78, 5) is 29.3. The van der Waals surface area contributed by atoms with E-state index in [2.05, 4.69) is 10.6 Å². The van der Waals surface area contributed by atoms with Crippen LogP contribution in [0.2, 0.25) is 0 Å². The number of anilines is 1. The molecule has 8 nitrogen and oxygen atoms in total. The van der Waals surface area contributed by atoms with Crippen molar-refractivity contribution in [3.8, 4) is 5.75 Å². The van der Waals surface area contributed by atoms with Gasteiger partial charge < -0.3 is 30.3 Å². The Kier molecular flexibility index (Phi) is 9.08. The zero-order valence-corrected chi connectivity index (χ0v) is 18.8. The minimum Gasteiger partial charge on any atom is -0.488 e. The molecule has 0 saturated carbocycles. The summed E-state index contributed by atoms with van der Waals surface area (Å²) >= 11 is 0. The van der Waals surface area contributed by atoms with Crippen molar-refractivity contribution in [2.24, 2.45) is 5.92 Å². The average Bonchev–Trinajstić information content (AvgIpc) is 2.70. The number of amides is 2. The first kappa shape index (κ1) is 24.1. The first-order valence-electron chi connectivity index (χ1n) is 10.6. The fraction of sp³-hybridized carbons (Fsp3) is 0.636. The number of nitrogens with one attached hydrogen (secondary N) is 2. The Labute approximate surface area is 179 Å². The Morgan fingerprint density at radius 1 is 1.40 bits per heavy atom. The fourth-order valence-electron chi connectivity index (χ4n) is 3.52. The van der Waals surface area contributed by atoms with E-state index < -0.39 is 0 Å². The van der Waals surface area contributed by atoms with Crippen molar-refractivity contribution in [2.75, 3.05) is 52.7 Å². The number of benzene rings is 1. The van der Waals surface area contributed by atoms with Gasteiger partial charge in [-0.15, -0.1) is 0 Å². The number of nitrogens with zero attached hydrogens (tertiary/aromatic N) is 2. The van der Waals surface area contributed by atoms with E-state index in [4.69, 9.17) is 4.74 Å². The summed E-state index contributed by atoms with van der Waals surface area (Å²) < 4.78 is 6.18. The van der Waals surface area contributed by atoms with Gasteiger partial charge >= 0.3 is 0 Å². The highest BCUT2D eigenvalue weighted by molar-refractivity contribution is 5.99. The lowest BCUT2D eigenvalue weighted by Gasteiger charge is -2.37. The Balaban J connectivity index is 2.27. The van der Waals surface area contributed by atoms with Gasteiger partial charge in [-0.05, 0) is 59.2 Å². The van der Waals surface area contributed by atoms with E-state index >= 15 is 0 Å². The van der Waals surface area contributed by atoms with Crippen LogP contribution in [0.1, 0.15) is 37.0 Å². The number of aliphatic hydroxyl groups excluding tert-OH is 1. The number of carbonyl (C=O) groups excluding carboxylic acids is 2. The highest BCUT2D eigenvalue weighted by Crippen LogP contribution is 2.30. The van der Waals surface area contributed by atoms with Crippen LogP contribution in [0, 0.1) is 5.92 Å². The van der Waals surface area contributed by atoms with Crippen molar-refractivity contribution in [3.05, 3.63) is 23.8 Å². The third-order valence-electron chi connectivity index (χ3n) is 5.36. The summed E-state index contributed by atoms with van der Waals surface area (Å²) in [6.45, 7) is 5.71. The number of aliphatic hydroxyl groups is 1. The smallest absolute Gasteiger partial charge is 0.258 e. The normalized spacial score (nSPS) is 20.2. The minimum absolute atomic E-state index is 0.0830. The SMILES string of the molecule is CNC[C@H]1Oc2ccc(NC(=O)CCCN(C)C)cc2C(=O)N([C@@H](C)CO)C[C@@H]1C. The number of carbonyl (C=O) groups is 2. The van der Waals surface area contributed by atoms with Crippen molar-refractivity contribution in [1.29, 1.82) is 0 Å². The highest BCUT2D eigenvalue weighted by atomic mass is 16.5. The molecule has 0 radical (unpaired) electrons. The monoisotopic (exact) mass is 420 g/mol. The Morgan fingerprint density at radius 2 is 2.13 bits per heavy atom. The van der Waals surface area contributed by atoms with Gasteiger partial charge in [-0.1, -0.05) is 6.92 Å². The molecule has 1 aromatic carbocycles. The molecule has 0 bridgehead atoms. The van der Waals surface area contributed by atoms with Gasteiger partial charge in [0.2, 0.25) is 5.91 Å². The Morgan fingerprint density at radius 3 is 2.77 bits per heavy atom. The number of hydrogen-bond acceptors (Lipinski definition) is 6. The van der Waals surface area contributed by atoms with Gasteiger partial charge in [-0.3, -0.25) is 9.59 Å². The van der Waals surface area contributed by atoms with Crippen LogP contribution >= 0.6 is 0 Å². The third-order valence-corrected chi connectivity index (χ3v) is 5.36. The molecule has 1 aromatic rings. The zero-order valence-electron chi connectivity index (χ0n) is 18.8. The van der Waals surface area contributed by atoms with E-state index in [-0.39, 0.29) is 36.5 Å². The number of ether oxygens (including phenoxy) is 1. The zero-order chi connectivity index (χ0) is 22.3. The Hall–Kier alpha value is -2.16. The second-order valence-corrected chi connectivity index (χ2v) is 8.35. The quantitative estimate of drug-likeness (QED) is 0.559. The number of rotatable bonds is 9. The largest absolute Gasteiger partial charge is 0.488 e. The molecule has 2 rings (SSSR count). The molecule has 3 atom stereocenters. The molecule has 2 amide bonds. The molecule has 30 heavy (non-hydrogen) atoms. The predicted octanol–water partition coefficient (Wildman–Crippen LogP) is 1.41. The molecule has 0 spiro atoms. The van der Waals surface area contributed by atoms with Crippen LogP contribution in [0.3, 0.4) is 0 Å². The lowest BCUT2D eigenvalue weighted by atomic mass is 9.99. The number of fused-ring (bicyclic) bond motifs is 1. The lowest BCUT2D eigenvalue weighted by molar-refractivity contribution is -0.116. The molecule has 168 valence electrons. The van der Waals surface area contributed by atoms with Crippen molar-refractivity contribution in [2.45, 2.75) is 38.8 Å². The van der Waals surface area contributed by atoms with E-state index in [1.165, 1.54) is 0 Å². The highest BCUT2D eigenvalue weighted by Gasteiger charge is 2.32. The van der Waals surface area contributed by atoms with Crippen LogP contribution in [0.4, 0.5) is 5.69 Å². The molecule has 8 heteroatoms. The Bertz CT molecular complexity index is 725. The van der Waals surface area contributed by atoms with E-state index in [0.717, 1.165) is 13.0 Å². The average molecular weight is 421 g/mol. The predicted molar refractivity (Wildman–Crippen MR) is 118 cm³/mol. The summed E-state index contributed by atoms with van der Waals surface area (Å²) in [6.07, 6.45) is 1.05. The maximum Gasteiger partial charge on any atom is 0.258 e. The summed E-state index contributed by atoms with van der Waals surface area (Å²) in [5.41, 5.74) is 0.963. The molecular formula is C22H36N4O4. The van der Waals surface area contributed by atoms with Gasteiger partial charge in [-0.25, -0.2) is 0 Å². The summed E-state index contributed by atoms with van der Waals surface area (Å²) in [5.74, 6) is 0.287. The summed E-state index contributed by atoms with van der Waals surface area (Å²) in [6, 6.07) is 4.86. The van der Waals surface area contributed by atoms with Crippen LogP contribution in [0.15, 0.2) is 18.2 Å². The maximum atomic E-state index is 13.3. The van der Waals surface area contributed by atoms with E-state index in [1.807, 2.05) is 39.9 Å². The summed E-state index contributed by atoms with van der Waals surface area (Å²) in [7, 11) is 5.81. The van der Waals surface area contributed by atoms with Crippen LogP contribution in [-0.2, 0) is 4.79 Å². The van der Waals surface area contributed by atoms with E-state index in [9.17, 15) is 14.7 Å². The fourth-order valence-corrected chi connectivity index (χ4v) is 3.52. The van der Waals surface area contributed by atoms with Crippen LogP contribution < -0.4 is 15.4 Å². The molecule has 1 aliphatic rings. The molecule has 3 N–H and O–H groups in total. The topological polar surface area (TPSA) is 94.1 Å². The third kappa shape index (κ3) is 6.42. The molecule has 0 aliphatic carbocycles. The van der Waals surface area contributed by atoms with Crippen molar-refractivity contribution < 1.29 is 19.4 Å². The second-order valence-electron chi connectivity index (χ2n) is 8.35. The van der Waals surface area contributed by atoms with Crippen LogP contribution in [0.5, 0.6) is 5.75 Å². The minimum atomic E-state index is -0.314. The summed E-state index contributed by atoms with van der Waals surface area (Å²) in [5, 5.41) is 15.7. The molecular weight excluding hydrogens is 384 g/mol. The van der Waals surface area contributed by atoms with Gasteiger partial charge in [0.25, 0.3) is 5.91 Å². The van der Waals surface area contributed by atoms with Gasteiger partial charge in [0.15, 0.2) is 0 Å². The standard InChI is InChI=1S/C22H36N4O4/c1-15-13-26(16(2)14-27)22(29)18-11-17(24-21(28)7-6-10-25(4)5)8-9-19(18)30-20(15)12-23-3/h8-9,11,15-16,20,23,27H,6-7,10,12-14H2,1-5H3,(H,24,28)/t15-,16-,20+/m0/s1. The van der Waals surface area contributed by atoms with Crippen molar-refractivity contribution >= 4 is 17.5 Å². The molecule has 0 unspecified atom stereocenters. The molecule has 0 aromatic heterocycles. The van der Waals surface area contributed by atoms with E-state index in [1.54, 1.807) is 23.1 Å². The molecule has 0 saturated heterocycles. The lowest BCUT2D eigenvalue weighted by Crippen LogP contribution is -2.49. The number of hydrogen-bond donors (Lipinski definition) is 3. The van der Waals surface area contributed by atoms with Gasteiger partial charge in [0.1, 0.15) is 11.9 Å². The van der Waals surface area contributed by atoms with Gasteiger partial charge in [0, 0.05) is 31.1 Å². The first-order chi connectivity index (χ1) is 14.3. The van der Waals surface area contributed by atoms with Gasteiger partial charge in [0.05, 0.1) is 18.2 Å². The maximum absolute atomic E-state index is 13.3.